The SMILES string of the molecule is CCC(C)(C)[SiH](C(C)(C)C)C(C)(C)C. The fraction of sp³-hybridized carbons (Fsp3) is 1.00. The first-order chi connectivity index (χ1) is 5.93. The zero-order valence-corrected chi connectivity index (χ0v) is 12.9. The van der Waals surface area contributed by atoms with Crippen LogP contribution in [0.1, 0.15) is 68.7 Å². The van der Waals surface area contributed by atoms with Crippen LogP contribution < -0.4 is 0 Å². The number of hydrogen-bond donors (Lipinski definition) is 0. The highest BCUT2D eigenvalue weighted by molar-refractivity contribution is 6.68. The van der Waals surface area contributed by atoms with E-state index in [9.17, 15) is 0 Å². The largest absolute Gasteiger partial charge is 0.0652 e. The molecule has 0 spiro atoms. The molecule has 0 aromatic rings. The Hall–Kier alpha value is 0.217. The summed E-state index contributed by atoms with van der Waals surface area (Å²) < 4.78 is 0. The Morgan fingerprint density at radius 3 is 1.07 bits per heavy atom. The van der Waals surface area contributed by atoms with Gasteiger partial charge in [-0.15, -0.1) is 0 Å². The molecule has 0 aliphatic carbocycles. The lowest BCUT2D eigenvalue weighted by Gasteiger charge is -2.49. The van der Waals surface area contributed by atoms with Crippen LogP contribution in [0.3, 0.4) is 0 Å². The Kier molecular flexibility index (Phi) is 4.06. The summed E-state index contributed by atoms with van der Waals surface area (Å²) in [4.78, 5) is 0. The van der Waals surface area contributed by atoms with Gasteiger partial charge in [0, 0.05) is 0 Å². The lowest BCUT2D eigenvalue weighted by molar-refractivity contribution is 0.530. The van der Waals surface area contributed by atoms with E-state index in [1.54, 1.807) is 0 Å². The van der Waals surface area contributed by atoms with Gasteiger partial charge in [-0.1, -0.05) is 68.7 Å². The Labute approximate surface area is 93.1 Å². The fourth-order valence-electron chi connectivity index (χ4n) is 3.85. The normalized spacial score (nSPS) is 15.0. The minimum atomic E-state index is -0.819. The summed E-state index contributed by atoms with van der Waals surface area (Å²) in [6, 6.07) is 0. The molecule has 0 atom stereocenters. The number of hydrogen-bond acceptors (Lipinski definition) is 0. The molecule has 0 N–H and O–H groups in total. The van der Waals surface area contributed by atoms with E-state index in [0.29, 0.717) is 15.1 Å². The topological polar surface area (TPSA) is 0 Å². The zero-order valence-electron chi connectivity index (χ0n) is 11.8. The molecule has 0 unspecified atom stereocenters. The molecule has 86 valence electrons. The van der Waals surface area contributed by atoms with E-state index in [4.69, 9.17) is 0 Å². The lowest BCUT2D eigenvalue weighted by atomic mass is 10.1. The molecule has 14 heavy (non-hydrogen) atoms. The Bertz CT molecular complexity index is 164. The molecule has 0 amide bonds. The zero-order chi connectivity index (χ0) is 11.8. The van der Waals surface area contributed by atoms with Crippen LogP contribution in [0.15, 0.2) is 0 Å². The standard InChI is InChI=1S/C13H30Si/c1-10-13(8,9)14(11(2,3)4)12(5,6)7/h14H,10H2,1-9H3. The average molecular weight is 214 g/mol. The molecule has 0 heterocycles. The third-order valence-electron chi connectivity index (χ3n) is 3.42. The van der Waals surface area contributed by atoms with Gasteiger partial charge >= 0.3 is 0 Å². The van der Waals surface area contributed by atoms with Gasteiger partial charge < -0.3 is 0 Å². The van der Waals surface area contributed by atoms with Crippen molar-refractivity contribution in [1.29, 1.82) is 0 Å². The van der Waals surface area contributed by atoms with E-state index >= 15 is 0 Å². The quantitative estimate of drug-likeness (QED) is 0.567. The van der Waals surface area contributed by atoms with E-state index in [2.05, 4.69) is 62.3 Å². The summed E-state index contributed by atoms with van der Waals surface area (Å²) in [5.41, 5.74) is 0. The summed E-state index contributed by atoms with van der Waals surface area (Å²) in [7, 11) is -0.819. The molecule has 0 aromatic heterocycles. The van der Waals surface area contributed by atoms with E-state index in [-0.39, 0.29) is 0 Å². The molecule has 0 bridgehead atoms. The highest BCUT2D eigenvalue weighted by Gasteiger charge is 2.45. The van der Waals surface area contributed by atoms with Crippen molar-refractivity contribution < 1.29 is 0 Å². The first kappa shape index (κ1) is 14.2. The molecule has 0 rings (SSSR count). The molecule has 1 heteroatoms. The van der Waals surface area contributed by atoms with Crippen LogP contribution in [0.5, 0.6) is 0 Å². The van der Waals surface area contributed by atoms with Gasteiger partial charge in [0.15, 0.2) is 0 Å². The molecule has 0 aliphatic heterocycles. The van der Waals surface area contributed by atoms with Gasteiger partial charge in [-0.2, -0.15) is 0 Å². The van der Waals surface area contributed by atoms with Crippen molar-refractivity contribution in [3.05, 3.63) is 0 Å². The van der Waals surface area contributed by atoms with Crippen LogP contribution in [0.25, 0.3) is 0 Å². The highest BCUT2D eigenvalue weighted by Crippen LogP contribution is 2.54. The molecule has 0 fully saturated rings. The third-order valence-corrected chi connectivity index (χ3v) is 8.86. The maximum absolute atomic E-state index is 2.47. The van der Waals surface area contributed by atoms with Gasteiger partial charge in [0.2, 0.25) is 0 Å². The Morgan fingerprint density at radius 1 is 0.714 bits per heavy atom. The van der Waals surface area contributed by atoms with Crippen LogP contribution >= 0.6 is 0 Å². The first-order valence-corrected chi connectivity index (χ1v) is 7.66. The fourth-order valence-corrected chi connectivity index (χ4v) is 11.5. The summed E-state index contributed by atoms with van der Waals surface area (Å²) in [5.74, 6) is 0. The molecular formula is C13H30Si. The van der Waals surface area contributed by atoms with Crippen molar-refractivity contribution in [3.8, 4) is 0 Å². The van der Waals surface area contributed by atoms with Crippen molar-refractivity contribution in [1.82, 2.24) is 0 Å². The molecule has 0 radical (unpaired) electrons. The predicted molar refractivity (Wildman–Crippen MR) is 70.9 cm³/mol. The Balaban J connectivity index is 5.14. The van der Waals surface area contributed by atoms with Crippen LogP contribution in [0.4, 0.5) is 0 Å². The molecular weight excluding hydrogens is 184 g/mol. The van der Waals surface area contributed by atoms with Crippen molar-refractivity contribution in [3.63, 3.8) is 0 Å². The van der Waals surface area contributed by atoms with Crippen molar-refractivity contribution in [2.24, 2.45) is 0 Å². The van der Waals surface area contributed by atoms with Gasteiger partial charge in [-0.3, -0.25) is 0 Å². The van der Waals surface area contributed by atoms with Gasteiger partial charge in [0.1, 0.15) is 0 Å². The van der Waals surface area contributed by atoms with Gasteiger partial charge in [-0.25, -0.2) is 0 Å². The van der Waals surface area contributed by atoms with E-state index in [0.717, 1.165) is 0 Å². The lowest BCUT2D eigenvalue weighted by Crippen LogP contribution is -2.43. The summed E-state index contributed by atoms with van der Waals surface area (Å²) >= 11 is 0. The second-order valence-corrected chi connectivity index (χ2v) is 13.4. The maximum atomic E-state index is 2.47. The summed E-state index contributed by atoms with van der Waals surface area (Å²) in [5, 5.41) is 1.62. The van der Waals surface area contributed by atoms with Crippen molar-refractivity contribution >= 4 is 8.80 Å². The molecule has 0 aromatic carbocycles. The third kappa shape index (κ3) is 3.41. The summed E-state index contributed by atoms with van der Waals surface area (Å²) in [6.45, 7) is 21.9. The van der Waals surface area contributed by atoms with Gasteiger partial charge in [-0.05, 0) is 15.1 Å². The number of rotatable bonds is 2. The minimum absolute atomic E-state index is 0.526. The predicted octanol–water partition coefficient (Wildman–Crippen LogP) is 5.00. The van der Waals surface area contributed by atoms with Crippen molar-refractivity contribution in [2.45, 2.75) is 83.8 Å². The summed E-state index contributed by atoms with van der Waals surface area (Å²) in [6.07, 6.45) is 1.32. The van der Waals surface area contributed by atoms with E-state index in [1.165, 1.54) is 6.42 Å². The second kappa shape index (κ2) is 4.00. The van der Waals surface area contributed by atoms with Crippen molar-refractivity contribution in [2.75, 3.05) is 0 Å². The average Bonchev–Trinajstić information content (AvgIpc) is 1.79. The molecule has 0 saturated carbocycles. The Morgan fingerprint density at radius 2 is 1.00 bits per heavy atom. The highest BCUT2D eigenvalue weighted by atomic mass is 28.3. The second-order valence-electron chi connectivity index (χ2n) is 7.51. The van der Waals surface area contributed by atoms with E-state index < -0.39 is 8.80 Å². The van der Waals surface area contributed by atoms with Crippen LogP contribution in [-0.4, -0.2) is 8.80 Å². The first-order valence-electron chi connectivity index (χ1n) is 5.93. The molecule has 0 nitrogen and oxygen atoms in total. The van der Waals surface area contributed by atoms with E-state index in [1.807, 2.05) is 0 Å². The maximum Gasteiger partial charge on any atom is 0.0534 e. The smallest absolute Gasteiger partial charge is 0.0534 e. The van der Waals surface area contributed by atoms with Crippen LogP contribution in [0.2, 0.25) is 15.1 Å². The minimum Gasteiger partial charge on any atom is -0.0652 e. The van der Waals surface area contributed by atoms with Crippen LogP contribution in [-0.2, 0) is 0 Å². The van der Waals surface area contributed by atoms with Gasteiger partial charge in [0.05, 0.1) is 8.80 Å². The van der Waals surface area contributed by atoms with Gasteiger partial charge in [0.25, 0.3) is 0 Å². The molecule has 0 aliphatic rings. The molecule has 0 saturated heterocycles. The van der Waals surface area contributed by atoms with Crippen LogP contribution in [0, 0.1) is 0 Å². The monoisotopic (exact) mass is 214 g/mol.